The maximum absolute atomic E-state index is 10.3. The topological polar surface area (TPSA) is 26.3 Å². The van der Waals surface area contributed by atoms with E-state index in [0.29, 0.717) is 6.10 Å². The predicted octanol–water partition coefficient (Wildman–Crippen LogP) is 3.31. The van der Waals surface area contributed by atoms with Crippen LogP contribution in [0.15, 0.2) is 0 Å². The molecule has 1 unspecified atom stereocenters. The number of carbonyl (C=O) groups excluding carboxylic acids is 1. The molecule has 0 heterocycles. The molecule has 88 valence electrons. The van der Waals surface area contributed by atoms with Crippen molar-refractivity contribution in [1.29, 1.82) is 0 Å². The first-order valence-corrected chi connectivity index (χ1v) is 6.47. The fourth-order valence-electron chi connectivity index (χ4n) is 1.99. The Hall–Kier alpha value is -0.0800. The lowest BCUT2D eigenvalue weighted by Gasteiger charge is -2.21. The van der Waals surface area contributed by atoms with Gasteiger partial charge in [0.15, 0.2) is 0 Å². The molecule has 0 radical (unpaired) electrons. The van der Waals surface area contributed by atoms with E-state index >= 15 is 0 Å². The van der Waals surface area contributed by atoms with Gasteiger partial charge in [-0.3, -0.25) is 0 Å². The molecule has 0 spiro atoms. The van der Waals surface area contributed by atoms with Gasteiger partial charge in [-0.2, -0.15) is 0 Å². The van der Waals surface area contributed by atoms with Gasteiger partial charge < -0.3 is 9.53 Å². The lowest BCUT2D eigenvalue weighted by atomic mass is 9.98. The summed E-state index contributed by atoms with van der Waals surface area (Å²) in [5.74, 6) is 0. The van der Waals surface area contributed by atoms with Crippen LogP contribution in [0.2, 0.25) is 0 Å². The number of hydrogen-bond donors (Lipinski definition) is 0. The molecule has 0 aromatic rings. The smallest absolute Gasteiger partial charge is 0.137 e. The Morgan fingerprint density at radius 3 is 2.67 bits per heavy atom. The minimum atomic E-state index is -0.306. The molecule has 1 fully saturated rings. The Balaban J connectivity index is 1.89. The summed E-state index contributed by atoms with van der Waals surface area (Å²) < 4.78 is 5.77. The molecule has 1 rings (SSSR count). The molecule has 1 saturated carbocycles. The largest absolute Gasteiger partial charge is 0.378 e. The van der Waals surface area contributed by atoms with Crippen molar-refractivity contribution in [2.45, 2.75) is 62.8 Å². The molecule has 0 aromatic heterocycles. The van der Waals surface area contributed by atoms with Gasteiger partial charge in [0.05, 0.1) is 11.5 Å². The van der Waals surface area contributed by atoms with E-state index in [1.54, 1.807) is 0 Å². The van der Waals surface area contributed by atoms with Crippen LogP contribution in [0, 0.1) is 0 Å². The highest BCUT2D eigenvalue weighted by Crippen LogP contribution is 2.20. The maximum Gasteiger partial charge on any atom is 0.137 e. The van der Waals surface area contributed by atoms with Gasteiger partial charge in [0.2, 0.25) is 0 Å². The third kappa shape index (κ3) is 6.16. The first kappa shape index (κ1) is 13.0. The van der Waals surface area contributed by atoms with E-state index in [-0.39, 0.29) is 5.38 Å². The normalized spacial score (nSPS) is 20.1. The second-order valence-electron chi connectivity index (χ2n) is 4.28. The van der Waals surface area contributed by atoms with E-state index < -0.39 is 0 Å². The Morgan fingerprint density at radius 1 is 1.27 bits per heavy atom. The Labute approximate surface area is 97.3 Å². The Bertz CT molecular complexity index is 167. The third-order valence-electron chi connectivity index (χ3n) is 2.93. The second kappa shape index (κ2) is 8.12. The average Bonchev–Trinajstić information content (AvgIpc) is 2.29. The molecular weight excluding hydrogens is 212 g/mol. The zero-order chi connectivity index (χ0) is 10.9. The SMILES string of the molecule is O=CC(Cl)CCCCOC1CCCCC1. The summed E-state index contributed by atoms with van der Waals surface area (Å²) in [5.41, 5.74) is 0. The summed E-state index contributed by atoms with van der Waals surface area (Å²) in [6, 6.07) is 0. The third-order valence-corrected chi connectivity index (χ3v) is 3.25. The van der Waals surface area contributed by atoms with Crippen LogP contribution in [0.3, 0.4) is 0 Å². The van der Waals surface area contributed by atoms with Crippen LogP contribution < -0.4 is 0 Å². The number of rotatable bonds is 7. The Morgan fingerprint density at radius 2 is 2.00 bits per heavy atom. The molecular formula is C12H21ClO2. The molecule has 2 nitrogen and oxygen atoms in total. The van der Waals surface area contributed by atoms with Crippen LogP contribution in [0.25, 0.3) is 0 Å². The van der Waals surface area contributed by atoms with Gasteiger partial charge in [-0.05, 0) is 32.1 Å². The van der Waals surface area contributed by atoms with Crippen LogP contribution in [0.5, 0.6) is 0 Å². The van der Waals surface area contributed by atoms with Gasteiger partial charge in [-0.1, -0.05) is 19.3 Å². The summed E-state index contributed by atoms with van der Waals surface area (Å²) in [5, 5.41) is -0.306. The second-order valence-corrected chi connectivity index (χ2v) is 4.84. The molecule has 0 amide bonds. The number of ether oxygens (including phenoxy) is 1. The lowest BCUT2D eigenvalue weighted by Crippen LogP contribution is -2.17. The summed E-state index contributed by atoms with van der Waals surface area (Å²) in [7, 11) is 0. The van der Waals surface area contributed by atoms with Gasteiger partial charge in [0.1, 0.15) is 6.29 Å². The minimum Gasteiger partial charge on any atom is -0.378 e. The van der Waals surface area contributed by atoms with Crippen LogP contribution in [0.1, 0.15) is 51.4 Å². The van der Waals surface area contributed by atoms with Crippen LogP contribution in [-0.2, 0) is 9.53 Å². The quantitative estimate of drug-likeness (QED) is 0.383. The van der Waals surface area contributed by atoms with Crippen molar-refractivity contribution in [3.05, 3.63) is 0 Å². The zero-order valence-corrected chi connectivity index (χ0v) is 10.0. The van der Waals surface area contributed by atoms with E-state index in [2.05, 4.69) is 0 Å². The molecule has 1 aliphatic rings. The van der Waals surface area contributed by atoms with Crippen molar-refractivity contribution >= 4 is 17.9 Å². The zero-order valence-electron chi connectivity index (χ0n) is 9.29. The highest BCUT2D eigenvalue weighted by molar-refractivity contribution is 6.27. The molecule has 3 heteroatoms. The van der Waals surface area contributed by atoms with Gasteiger partial charge in [0, 0.05) is 6.61 Å². The number of carbonyl (C=O) groups is 1. The molecule has 1 atom stereocenters. The van der Waals surface area contributed by atoms with E-state index in [1.165, 1.54) is 32.1 Å². The number of unbranched alkanes of at least 4 members (excludes halogenated alkanes) is 1. The monoisotopic (exact) mass is 232 g/mol. The van der Waals surface area contributed by atoms with E-state index in [9.17, 15) is 4.79 Å². The molecule has 0 saturated heterocycles. The first-order chi connectivity index (χ1) is 7.33. The molecule has 0 bridgehead atoms. The van der Waals surface area contributed by atoms with Gasteiger partial charge in [-0.15, -0.1) is 11.6 Å². The number of aldehydes is 1. The standard InChI is InChI=1S/C12H21ClO2/c13-11(10-14)6-4-5-9-15-12-7-2-1-3-8-12/h10-12H,1-9H2. The van der Waals surface area contributed by atoms with Crippen molar-refractivity contribution in [2.24, 2.45) is 0 Å². The van der Waals surface area contributed by atoms with Crippen LogP contribution >= 0.6 is 11.6 Å². The summed E-state index contributed by atoms with van der Waals surface area (Å²) >= 11 is 5.68. The number of halogens is 1. The number of alkyl halides is 1. The highest BCUT2D eigenvalue weighted by Gasteiger charge is 2.13. The molecule has 1 aliphatic carbocycles. The van der Waals surface area contributed by atoms with E-state index in [1.807, 2.05) is 0 Å². The van der Waals surface area contributed by atoms with Gasteiger partial charge >= 0.3 is 0 Å². The van der Waals surface area contributed by atoms with Crippen molar-refractivity contribution in [3.8, 4) is 0 Å². The molecule has 0 aliphatic heterocycles. The van der Waals surface area contributed by atoms with Crippen molar-refractivity contribution in [1.82, 2.24) is 0 Å². The number of hydrogen-bond acceptors (Lipinski definition) is 2. The van der Waals surface area contributed by atoms with E-state index in [0.717, 1.165) is 32.2 Å². The minimum absolute atomic E-state index is 0.306. The summed E-state index contributed by atoms with van der Waals surface area (Å²) in [4.78, 5) is 10.3. The molecule has 0 N–H and O–H groups in total. The predicted molar refractivity (Wildman–Crippen MR) is 62.4 cm³/mol. The fraction of sp³-hybridized carbons (Fsp3) is 0.917. The molecule has 0 aromatic carbocycles. The first-order valence-electron chi connectivity index (χ1n) is 6.04. The van der Waals surface area contributed by atoms with Crippen molar-refractivity contribution < 1.29 is 9.53 Å². The summed E-state index contributed by atoms with van der Waals surface area (Å²) in [6.45, 7) is 0.827. The van der Waals surface area contributed by atoms with E-state index in [4.69, 9.17) is 16.3 Å². The summed E-state index contributed by atoms with van der Waals surface area (Å²) in [6.07, 6.45) is 10.6. The fourth-order valence-corrected chi connectivity index (χ4v) is 2.15. The van der Waals surface area contributed by atoms with Crippen LogP contribution in [-0.4, -0.2) is 24.4 Å². The average molecular weight is 233 g/mol. The van der Waals surface area contributed by atoms with Crippen molar-refractivity contribution in [2.75, 3.05) is 6.61 Å². The van der Waals surface area contributed by atoms with Gasteiger partial charge in [0.25, 0.3) is 0 Å². The highest BCUT2D eigenvalue weighted by atomic mass is 35.5. The van der Waals surface area contributed by atoms with Crippen LogP contribution in [0.4, 0.5) is 0 Å². The van der Waals surface area contributed by atoms with Gasteiger partial charge in [-0.25, -0.2) is 0 Å². The Kier molecular flexibility index (Phi) is 7.03. The van der Waals surface area contributed by atoms with Crippen molar-refractivity contribution in [3.63, 3.8) is 0 Å². The molecule has 15 heavy (non-hydrogen) atoms. The lowest BCUT2D eigenvalue weighted by molar-refractivity contribution is -0.107. The maximum atomic E-state index is 10.3.